The first-order valence-corrected chi connectivity index (χ1v) is 9.43. The fraction of sp³-hybridized carbons (Fsp3) is 0.227. The number of rotatable bonds is 7. The van der Waals surface area contributed by atoms with Crippen LogP contribution in [-0.4, -0.2) is 48.8 Å². The summed E-state index contributed by atoms with van der Waals surface area (Å²) in [6.07, 6.45) is 3.54. The molecule has 0 spiro atoms. The standard InChI is InChI=1S/C22H23F2N3O3/c1-16(25-29)6-7-17-4-2-3-5-20(17)26-12-14-27(15-13-26)21(28)18-8-10-19(11-9-18)30-22(23)24/h2-11,22,25,29H,1,12-15H2/b7-6+. The number of nitrogens with one attached hydrogen (secondary N) is 1. The molecule has 0 aromatic heterocycles. The molecule has 0 aliphatic carbocycles. The molecule has 1 amide bonds. The Labute approximate surface area is 173 Å². The van der Waals surface area contributed by atoms with E-state index < -0.39 is 6.61 Å². The molecule has 2 N–H and O–H groups in total. The maximum atomic E-state index is 12.7. The summed E-state index contributed by atoms with van der Waals surface area (Å²) in [5, 5.41) is 8.87. The molecule has 1 aliphatic heterocycles. The largest absolute Gasteiger partial charge is 0.435 e. The third kappa shape index (κ3) is 5.36. The summed E-state index contributed by atoms with van der Waals surface area (Å²) in [7, 11) is 0. The second-order valence-electron chi connectivity index (χ2n) is 6.71. The van der Waals surface area contributed by atoms with Crippen LogP contribution in [0.3, 0.4) is 0 Å². The number of hydroxylamine groups is 1. The number of piperazine rings is 1. The zero-order valence-corrected chi connectivity index (χ0v) is 16.3. The molecule has 1 heterocycles. The lowest BCUT2D eigenvalue weighted by atomic mass is 10.1. The van der Waals surface area contributed by atoms with Crippen LogP contribution in [-0.2, 0) is 0 Å². The van der Waals surface area contributed by atoms with Gasteiger partial charge in [0.25, 0.3) is 5.91 Å². The number of alkyl halides is 2. The van der Waals surface area contributed by atoms with E-state index in [1.54, 1.807) is 11.0 Å². The number of para-hydroxylation sites is 1. The number of carbonyl (C=O) groups is 1. The normalized spacial score (nSPS) is 14.3. The number of ether oxygens (including phenoxy) is 1. The molecule has 158 valence electrons. The summed E-state index contributed by atoms with van der Waals surface area (Å²) in [5.41, 5.74) is 4.81. The van der Waals surface area contributed by atoms with Crippen LogP contribution >= 0.6 is 0 Å². The minimum Gasteiger partial charge on any atom is -0.435 e. The van der Waals surface area contributed by atoms with E-state index >= 15 is 0 Å². The molecule has 30 heavy (non-hydrogen) atoms. The molecular formula is C22H23F2N3O3. The number of carbonyl (C=O) groups excluding carboxylic acids is 1. The Bertz CT molecular complexity index is 908. The molecule has 1 fully saturated rings. The van der Waals surface area contributed by atoms with Gasteiger partial charge in [-0.1, -0.05) is 30.9 Å². The van der Waals surface area contributed by atoms with Gasteiger partial charge in [0.2, 0.25) is 0 Å². The predicted molar refractivity (Wildman–Crippen MR) is 111 cm³/mol. The average Bonchev–Trinajstić information content (AvgIpc) is 2.77. The van der Waals surface area contributed by atoms with Gasteiger partial charge in [0.15, 0.2) is 0 Å². The van der Waals surface area contributed by atoms with Crippen molar-refractivity contribution < 1.29 is 23.5 Å². The van der Waals surface area contributed by atoms with Gasteiger partial charge in [0, 0.05) is 37.4 Å². The highest BCUT2D eigenvalue weighted by Gasteiger charge is 2.23. The van der Waals surface area contributed by atoms with E-state index in [0.29, 0.717) is 37.4 Å². The SMILES string of the molecule is C=C(/C=C/c1ccccc1N1CCN(C(=O)c2ccc(OC(F)F)cc2)CC1)NO. The molecule has 2 aromatic rings. The van der Waals surface area contributed by atoms with Crippen molar-refractivity contribution in [2.45, 2.75) is 6.61 Å². The van der Waals surface area contributed by atoms with Crippen LogP contribution in [0.4, 0.5) is 14.5 Å². The molecule has 0 bridgehead atoms. The Morgan fingerprint density at radius 3 is 2.40 bits per heavy atom. The lowest BCUT2D eigenvalue weighted by Gasteiger charge is -2.37. The van der Waals surface area contributed by atoms with Gasteiger partial charge in [-0.05, 0) is 42.0 Å². The summed E-state index contributed by atoms with van der Waals surface area (Å²) in [6.45, 7) is 3.15. The predicted octanol–water partition coefficient (Wildman–Crippen LogP) is 3.76. The van der Waals surface area contributed by atoms with E-state index in [1.807, 2.05) is 35.8 Å². The second-order valence-corrected chi connectivity index (χ2v) is 6.71. The van der Waals surface area contributed by atoms with Crippen LogP contribution in [0.15, 0.2) is 66.9 Å². The molecule has 0 saturated carbocycles. The van der Waals surface area contributed by atoms with Gasteiger partial charge in [-0.15, -0.1) is 0 Å². The van der Waals surface area contributed by atoms with Crippen LogP contribution in [0, 0.1) is 0 Å². The third-order valence-electron chi connectivity index (χ3n) is 4.78. The smallest absolute Gasteiger partial charge is 0.387 e. The highest BCUT2D eigenvalue weighted by atomic mass is 19.3. The van der Waals surface area contributed by atoms with Crippen molar-refractivity contribution in [2.75, 3.05) is 31.1 Å². The van der Waals surface area contributed by atoms with E-state index in [0.717, 1.165) is 11.3 Å². The van der Waals surface area contributed by atoms with Crippen LogP contribution in [0.1, 0.15) is 15.9 Å². The lowest BCUT2D eigenvalue weighted by molar-refractivity contribution is -0.0498. The molecule has 0 atom stereocenters. The van der Waals surface area contributed by atoms with Crippen molar-refractivity contribution in [3.63, 3.8) is 0 Å². The first kappa shape index (κ1) is 21.3. The number of hydrogen-bond acceptors (Lipinski definition) is 5. The molecule has 1 saturated heterocycles. The lowest BCUT2D eigenvalue weighted by Crippen LogP contribution is -2.49. The fourth-order valence-corrected chi connectivity index (χ4v) is 3.26. The molecule has 0 unspecified atom stereocenters. The van der Waals surface area contributed by atoms with Gasteiger partial charge < -0.3 is 14.5 Å². The molecule has 2 aromatic carbocycles. The van der Waals surface area contributed by atoms with E-state index in [2.05, 4.69) is 16.2 Å². The Morgan fingerprint density at radius 2 is 1.77 bits per heavy atom. The summed E-state index contributed by atoms with van der Waals surface area (Å²) in [6, 6.07) is 13.6. The third-order valence-corrected chi connectivity index (χ3v) is 4.78. The number of anilines is 1. The maximum absolute atomic E-state index is 12.7. The second kappa shape index (κ2) is 9.89. The van der Waals surface area contributed by atoms with Crippen molar-refractivity contribution in [1.29, 1.82) is 0 Å². The first-order chi connectivity index (χ1) is 14.5. The zero-order valence-electron chi connectivity index (χ0n) is 16.3. The number of allylic oxidation sites excluding steroid dienone is 1. The molecule has 0 radical (unpaired) electrons. The van der Waals surface area contributed by atoms with Crippen molar-refractivity contribution in [3.05, 3.63) is 78.0 Å². The van der Waals surface area contributed by atoms with Crippen LogP contribution in [0.2, 0.25) is 0 Å². The topological polar surface area (TPSA) is 65.0 Å². The molecular weight excluding hydrogens is 392 g/mol. The van der Waals surface area contributed by atoms with Crippen molar-refractivity contribution in [3.8, 4) is 5.75 Å². The minimum absolute atomic E-state index is 0.0233. The summed E-state index contributed by atoms with van der Waals surface area (Å²) in [5.74, 6) is -0.119. The number of hydrogen-bond donors (Lipinski definition) is 2. The van der Waals surface area contributed by atoms with E-state index in [4.69, 9.17) is 5.21 Å². The Balaban J connectivity index is 1.63. The van der Waals surface area contributed by atoms with Gasteiger partial charge in [0.1, 0.15) is 5.75 Å². The summed E-state index contributed by atoms with van der Waals surface area (Å²) < 4.78 is 28.8. The summed E-state index contributed by atoms with van der Waals surface area (Å²) >= 11 is 0. The van der Waals surface area contributed by atoms with Crippen molar-refractivity contribution in [2.24, 2.45) is 0 Å². The maximum Gasteiger partial charge on any atom is 0.387 e. The van der Waals surface area contributed by atoms with Crippen LogP contribution in [0.5, 0.6) is 5.75 Å². The van der Waals surface area contributed by atoms with Crippen molar-refractivity contribution in [1.82, 2.24) is 10.4 Å². The van der Waals surface area contributed by atoms with E-state index in [9.17, 15) is 13.6 Å². The minimum atomic E-state index is -2.89. The van der Waals surface area contributed by atoms with Gasteiger partial charge in [-0.3, -0.25) is 15.5 Å². The first-order valence-electron chi connectivity index (χ1n) is 9.43. The average molecular weight is 415 g/mol. The number of benzene rings is 2. The zero-order chi connectivity index (χ0) is 21.5. The number of amides is 1. The Morgan fingerprint density at radius 1 is 1.10 bits per heavy atom. The van der Waals surface area contributed by atoms with E-state index in [1.165, 1.54) is 24.3 Å². The van der Waals surface area contributed by atoms with E-state index in [-0.39, 0.29) is 11.7 Å². The highest BCUT2D eigenvalue weighted by molar-refractivity contribution is 5.94. The number of nitrogens with zero attached hydrogens (tertiary/aromatic N) is 2. The molecule has 3 rings (SSSR count). The molecule has 6 nitrogen and oxygen atoms in total. The molecule has 1 aliphatic rings. The van der Waals surface area contributed by atoms with Gasteiger partial charge >= 0.3 is 6.61 Å². The van der Waals surface area contributed by atoms with Crippen LogP contribution < -0.4 is 15.1 Å². The monoisotopic (exact) mass is 415 g/mol. The number of halogens is 2. The molecule has 8 heteroatoms. The summed E-state index contributed by atoms with van der Waals surface area (Å²) in [4.78, 5) is 16.7. The Hall–Kier alpha value is -3.39. The Kier molecular flexibility index (Phi) is 7.03. The van der Waals surface area contributed by atoms with Crippen LogP contribution in [0.25, 0.3) is 6.08 Å². The van der Waals surface area contributed by atoms with Gasteiger partial charge in [-0.2, -0.15) is 8.78 Å². The quantitative estimate of drug-likeness (QED) is 0.533. The highest BCUT2D eigenvalue weighted by Crippen LogP contribution is 2.24. The fourth-order valence-electron chi connectivity index (χ4n) is 3.26. The van der Waals surface area contributed by atoms with Crippen molar-refractivity contribution >= 4 is 17.7 Å². The van der Waals surface area contributed by atoms with Gasteiger partial charge in [0.05, 0.1) is 5.70 Å². The van der Waals surface area contributed by atoms with Gasteiger partial charge in [-0.25, -0.2) is 0 Å².